The van der Waals surface area contributed by atoms with Crippen molar-refractivity contribution < 1.29 is 18.0 Å². The maximum atomic E-state index is 12.8. The summed E-state index contributed by atoms with van der Waals surface area (Å²) in [6, 6.07) is 8.04. The first-order chi connectivity index (χ1) is 14.1. The molecule has 1 aliphatic heterocycles. The van der Waals surface area contributed by atoms with Crippen LogP contribution in [0.1, 0.15) is 24.1 Å². The molecule has 30 heavy (non-hydrogen) atoms. The molecule has 1 saturated heterocycles. The zero-order valence-electron chi connectivity index (χ0n) is 16.2. The highest BCUT2D eigenvalue weighted by Gasteiger charge is 2.32. The largest absolute Gasteiger partial charge is 0.417 e. The Hall–Kier alpha value is -2.03. The van der Waals surface area contributed by atoms with Gasteiger partial charge in [-0.15, -0.1) is 0 Å². The van der Waals surface area contributed by atoms with Crippen molar-refractivity contribution in [2.75, 3.05) is 37.6 Å². The van der Waals surface area contributed by atoms with Crippen molar-refractivity contribution in [1.82, 2.24) is 15.2 Å². The Bertz CT molecular complexity index is 902. The molecule has 1 aromatic heterocycles. The monoisotopic (exact) mass is 460 g/mol. The number of anilines is 1. The van der Waals surface area contributed by atoms with E-state index in [0.717, 1.165) is 17.8 Å². The summed E-state index contributed by atoms with van der Waals surface area (Å²) < 4.78 is 38.3. The first kappa shape index (κ1) is 22.7. The van der Waals surface area contributed by atoms with Gasteiger partial charge < -0.3 is 10.2 Å². The molecule has 1 fully saturated rings. The number of carbonyl (C=O) groups is 1. The number of aromatic nitrogens is 1. The molecule has 162 valence electrons. The summed E-state index contributed by atoms with van der Waals surface area (Å²) >= 11 is 12.0. The van der Waals surface area contributed by atoms with Crippen LogP contribution in [-0.2, 0) is 11.0 Å². The van der Waals surface area contributed by atoms with Crippen LogP contribution in [0, 0.1) is 0 Å². The van der Waals surface area contributed by atoms with E-state index in [0.29, 0.717) is 37.0 Å². The van der Waals surface area contributed by atoms with E-state index in [1.165, 1.54) is 0 Å². The lowest BCUT2D eigenvalue weighted by molar-refractivity contribution is -0.137. The van der Waals surface area contributed by atoms with Gasteiger partial charge in [0.05, 0.1) is 23.2 Å². The Kier molecular flexibility index (Phi) is 7.10. The Morgan fingerprint density at radius 1 is 1.20 bits per heavy atom. The van der Waals surface area contributed by atoms with Crippen LogP contribution < -0.4 is 10.2 Å². The van der Waals surface area contributed by atoms with Crippen molar-refractivity contribution in [3.8, 4) is 0 Å². The summed E-state index contributed by atoms with van der Waals surface area (Å²) in [6.07, 6.45) is -3.69. The smallest absolute Gasteiger partial charge is 0.353 e. The molecule has 10 heteroatoms. The quantitative estimate of drug-likeness (QED) is 0.717. The lowest BCUT2D eigenvalue weighted by Crippen LogP contribution is -2.50. The van der Waals surface area contributed by atoms with Gasteiger partial charge in [0.2, 0.25) is 5.91 Å². The number of nitrogens with one attached hydrogen (secondary N) is 1. The molecule has 1 amide bonds. The van der Waals surface area contributed by atoms with E-state index in [-0.39, 0.29) is 23.5 Å². The highest BCUT2D eigenvalue weighted by molar-refractivity contribution is 6.33. The molecule has 5 nitrogen and oxygen atoms in total. The Morgan fingerprint density at radius 3 is 2.50 bits per heavy atom. The number of pyridine rings is 1. The van der Waals surface area contributed by atoms with Crippen LogP contribution in [0.3, 0.4) is 0 Å². The number of hydrogen-bond donors (Lipinski definition) is 1. The summed E-state index contributed by atoms with van der Waals surface area (Å²) in [7, 11) is 0. The van der Waals surface area contributed by atoms with E-state index in [1.54, 1.807) is 6.07 Å². The number of alkyl halides is 3. The van der Waals surface area contributed by atoms with Gasteiger partial charge in [-0.2, -0.15) is 13.2 Å². The summed E-state index contributed by atoms with van der Waals surface area (Å²) in [6.45, 7) is 4.27. The second-order valence-corrected chi connectivity index (χ2v) is 7.98. The normalized spacial score (nSPS) is 16.4. The first-order valence-corrected chi connectivity index (χ1v) is 10.1. The third kappa shape index (κ3) is 5.77. The van der Waals surface area contributed by atoms with Crippen molar-refractivity contribution in [3.05, 3.63) is 57.7 Å². The van der Waals surface area contributed by atoms with E-state index in [1.807, 2.05) is 34.9 Å². The van der Waals surface area contributed by atoms with Crippen LogP contribution in [0.2, 0.25) is 10.0 Å². The number of halogens is 5. The average Bonchev–Trinajstić information content (AvgIpc) is 2.68. The molecule has 0 bridgehead atoms. The first-order valence-electron chi connectivity index (χ1n) is 9.38. The Balaban J connectivity index is 1.51. The van der Waals surface area contributed by atoms with Crippen LogP contribution >= 0.6 is 23.2 Å². The fourth-order valence-corrected chi connectivity index (χ4v) is 3.77. The summed E-state index contributed by atoms with van der Waals surface area (Å²) in [5, 5.41) is 3.53. The lowest BCUT2D eigenvalue weighted by Gasteiger charge is -2.35. The molecule has 2 aromatic rings. The molecule has 1 aromatic carbocycles. The van der Waals surface area contributed by atoms with Gasteiger partial charge in [0.15, 0.2) is 0 Å². The molecule has 1 N–H and O–H groups in total. The van der Waals surface area contributed by atoms with Crippen molar-refractivity contribution >= 4 is 34.9 Å². The summed E-state index contributed by atoms with van der Waals surface area (Å²) in [4.78, 5) is 20.1. The van der Waals surface area contributed by atoms with Crippen LogP contribution in [0.5, 0.6) is 0 Å². The van der Waals surface area contributed by atoms with Crippen LogP contribution in [0.25, 0.3) is 0 Å². The highest BCUT2D eigenvalue weighted by atomic mass is 35.5. The van der Waals surface area contributed by atoms with Gasteiger partial charge in [0.25, 0.3) is 0 Å². The maximum absolute atomic E-state index is 12.8. The standard InChI is InChI=1S/C20H21Cl2F3N4O/c1-13(14-3-2-4-16(21)9-14)27-18(30)12-28-5-7-29(8-6-28)19-17(22)10-15(11-26-19)20(23,24)25/h2-4,9-11,13H,5-8,12H2,1H3,(H,27,30)/t13-/m1/s1. The van der Waals surface area contributed by atoms with Gasteiger partial charge >= 0.3 is 6.18 Å². The minimum Gasteiger partial charge on any atom is -0.353 e. The van der Waals surface area contributed by atoms with Crippen LogP contribution in [0.4, 0.5) is 19.0 Å². The van der Waals surface area contributed by atoms with Gasteiger partial charge in [-0.05, 0) is 30.7 Å². The zero-order chi connectivity index (χ0) is 21.9. The lowest BCUT2D eigenvalue weighted by atomic mass is 10.1. The van der Waals surface area contributed by atoms with E-state index in [2.05, 4.69) is 10.3 Å². The SMILES string of the molecule is C[C@@H](NC(=O)CN1CCN(c2ncc(C(F)(F)F)cc2Cl)CC1)c1cccc(Cl)c1. The van der Waals surface area contributed by atoms with Crippen LogP contribution in [-0.4, -0.2) is 48.5 Å². The number of amides is 1. The zero-order valence-corrected chi connectivity index (χ0v) is 17.7. The van der Waals surface area contributed by atoms with Gasteiger partial charge in [-0.1, -0.05) is 35.3 Å². The molecule has 0 saturated carbocycles. The van der Waals surface area contributed by atoms with Gasteiger partial charge in [0.1, 0.15) is 5.82 Å². The number of piperazine rings is 1. The molecule has 1 atom stereocenters. The van der Waals surface area contributed by atoms with E-state index >= 15 is 0 Å². The van der Waals surface area contributed by atoms with Crippen LogP contribution in [0.15, 0.2) is 36.5 Å². The summed E-state index contributed by atoms with van der Waals surface area (Å²) in [5.41, 5.74) is 0.0454. The topological polar surface area (TPSA) is 48.5 Å². The molecule has 2 heterocycles. The second kappa shape index (κ2) is 9.41. The van der Waals surface area contributed by atoms with Gasteiger partial charge in [-0.25, -0.2) is 4.98 Å². The second-order valence-electron chi connectivity index (χ2n) is 7.13. The predicted octanol–water partition coefficient (Wildman–Crippen LogP) is 4.41. The van der Waals surface area contributed by atoms with E-state index in [9.17, 15) is 18.0 Å². The molecular formula is C20H21Cl2F3N4O. The minimum atomic E-state index is -4.48. The molecule has 0 radical (unpaired) electrons. The number of carbonyl (C=O) groups excluding carboxylic acids is 1. The number of hydrogen-bond acceptors (Lipinski definition) is 4. The predicted molar refractivity (Wildman–Crippen MR) is 111 cm³/mol. The third-order valence-electron chi connectivity index (χ3n) is 4.91. The maximum Gasteiger partial charge on any atom is 0.417 e. The van der Waals surface area contributed by atoms with Crippen molar-refractivity contribution in [2.24, 2.45) is 0 Å². The minimum absolute atomic E-state index is 0.0358. The van der Waals surface area contributed by atoms with Crippen molar-refractivity contribution in [3.63, 3.8) is 0 Å². The third-order valence-corrected chi connectivity index (χ3v) is 5.43. The highest BCUT2D eigenvalue weighted by Crippen LogP contribution is 2.33. The molecular weight excluding hydrogens is 440 g/mol. The summed E-state index contributed by atoms with van der Waals surface area (Å²) in [5.74, 6) is 0.213. The van der Waals surface area contributed by atoms with Crippen molar-refractivity contribution in [1.29, 1.82) is 0 Å². The molecule has 3 rings (SSSR count). The fourth-order valence-electron chi connectivity index (χ4n) is 3.29. The number of nitrogens with zero attached hydrogens (tertiary/aromatic N) is 3. The molecule has 0 spiro atoms. The number of benzene rings is 1. The molecule has 0 aliphatic carbocycles. The van der Waals surface area contributed by atoms with E-state index in [4.69, 9.17) is 23.2 Å². The number of rotatable bonds is 5. The van der Waals surface area contributed by atoms with Gasteiger partial charge in [-0.3, -0.25) is 9.69 Å². The molecule has 0 unspecified atom stereocenters. The van der Waals surface area contributed by atoms with E-state index < -0.39 is 11.7 Å². The molecule has 1 aliphatic rings. The average molecular weight is 461 g/mol. The Labute approximate surface area is 182 Å². The fraction of sp³-hybridized carbons (Fsp3) is 0.400. The Morgan fingerprint density at radius 2 is 1.90 bits per heavy atom. The van der Waals surface area contributed by atoms with Gasteiger partial charge in [0, 0.05) is 37.4 Å². The van der Waals surface area contributed by atoms with Crippen molar-refractivity contribution in [2.45, 2.75) is 19.1 Å².